The Kier molecular flexibility index (Phi) is 9.90. The number of morpholine rings is 1. The van der Waals surface area contributed by atoms with Crippen LogP contribution in [0.2, 0.25) is 0 Å². The summed E-state index contributed by atoms with van der Waals surface area (Å²) in [4.78, 5) is 6.80. The molecule has 1 atom stereocenters. The van der Waals surface area contributed by atoms with Gasteiger partial charge in [-0.25, -0.2) is 0 Å². The van der Waals surface area contributed by atoms with Gasteiger partial charge >= 0.3 is 0 Å². The fourth-order valence-electron chi connectivity index (χ4n) is 3.57. The lowest BCUT2D eigenvalue weighted by Gasteiger charge is -2.35. The Morgan fingerprint density at radius 1 is 1.17 bits per heavy atom. The number of nitrogens with one attached hydrogen (secondary N) is 1. The van der Waals surface area contributed by atoms with Crippen molar-refractivity contribution >= 4 is 29.9 Å². The van der Waals surface area contributed by atoms with Crippen LogP contribution in [-0.2, 0) is 22.6 Å². The van der Waals surface area contributed by atoms with E-state index >= 15 is 0 Å². The van der Waals surface area contributed by atoms with Crippen molar-refractivity contribution in [3.8, 4) is 0 Å². The van der Waals surface area contributed by atoms with Gasteiger partial charge in [0.15, 0.2) is 5.96 Å². The maximum atomic E-state index is 6.05. The lowest BCUT2D eigenvalue weighted by Crippen LogP contribution is -2.48. The van der Waals surface area contributed by atoms with Crippen molar-refractivity contribution < 1.29 is 9.47 Å². The zero-order valence-electron chi connectivity index (χ0n) is 17.6. The van der Waals surface area contributed by atoms with Crippen LogP contribution in [0.1, 0.15) is 35.3 Å². The standard InChI is InChI=1S/C23H31N3O2.HI/c1-4-27-17-20-11-7-6-10-19(20)15-25-23(24-3)26-13-14-28-22(16-26)21-12-8-5-9-18(21)2;/h5-12,22H,4,13-17H2,1-3H3,(H,24,25);1H. The summed E-state index contributed by atoms with van der Waals surface area (Å²) in [6, 6.07) is 16.8. The van der Waals surface area contributed by atoms with Crippen molar-refractivity contribution in [1.29, 1.82) is 0 Å². The number of guanidine groups is 1. The van der Waals surface area contributed by atoms with Gasteiger partial charge in [0.25, 0.3) is 0 Å². The molecule has 0 aliphatic carbocycles. The molecular formula is C23H32IN3O2. The van der Waals surface area contributed by atoms with Crippen LogP contribution in [0.15, 0.2) is 53.5 Å². The van der Waals surface area contributed by atoms with E-state index in [1.54, 1.807) is 0 Å². The summed E-state index contributed by atoms with van der Waals surface area (Å²) in [6.07, 6.45) is 0.0683. The number of hydrogen-bond acceptors (Lipinski definition) is 3. The molecule has 0 aromatic heterocycles. The van der Waals surface area contributed by atoms with E-state index in [-0.39, 0.29) is 30.1 Å². The molecule has 3 rings (SSSR count). The number of benzene rings is 2. The van der Waals surface area contributed by atoms with E-state index in [9.17, 15) is 0 Å². The number of ether oxygens (including phenoxy) is 2. The van der Waals surface area contributed by atoms with Crippen LogP contribution in [0.4, 0.5) is 0 Å². The average molecular weight is 509 g/mol. The number of aliphatic imine (C=N–C) groups is 1. The fraction of sp³-hybridized carbons (Fsp3) is 0.435. The molecule has 1 N–H and O–H groups in total. The molecule has 6 heteroatoms. The molecule has 5 nitrogen and oxygen atoms in total. The summed E-state index contributed by atoms with van der Waals surface area (Å²) >= 11 is 0. The summed E-state index contributed by atoms with van der Waals surface area (Å²) in [6.45, 7) is 8.57. The molecular weight excluding hydrogens is 477 g/mol. The quantitative estimate of drug-likeness (QED) is 0.359. The first-order chi connectivity index (χ1) is 13.7. The minimum absolute atomic E-state index is 0. The Labute approximate surface area is 191 Å². The van der Waals surface area contributed by atoms with Gasteiger partial charge in [0, 0.05) is 26.7 Å². The molecule has 0 bridgehead atoms. The third kappa shape index (κ3) is 6.42. The lowest BCUT2D eigenvalue weighted by molar-refractivity contribution is -0.00834. The highest BCUT2D eigenvalue weighted by Gasteiger charge is 2.25. The molecule has 2 aromatic rings. The molecule has 1 saturated heterocycles. The van der Waals surface area contributed by atoms with Gasteiger partial charge in [-0.05, 0) is 36.1 Å². The Morgan fingerprint density at radius 3 is 2.62 bits per heavy atom. The van der Waals surface area contributed by atoms with Gasteiger partial charge in [0.2, 0.25) is 0 Å². The topological polar surface area (TPSA) is 46.1 Å². The lowest BCUT2D eigenvalue weighted by atomic mass is 10.0. The monoisotopic (exact) mass is 509 g/mol. The van der Waals surface area contributed by atoms with Crippen molar-refractivity contribution in [1.82, 2.24) is 10.2 Å². The Bertz CT molecular complexity index is 797. The summed E-state index contributed by atoms with van der Waals surface area (Å²) in [5.41, 5.74) is 4.97. The Morgan fingerprint density at radius 2 is 1.90 bits per heavy atom. The highest BCUT2D eigenvalue weighted by Crippen LogP contribution is 2.25. The summed E-state index contributed by atoms with van der Waals surface area (Å²) in [7, 11) is 1.84. The van der Waals surface area contributed by atoms with Crippen molar-refractivity contribution in [2.75, 3.05) is 33.4 Å². The van der Waals surface area contributed by atoms with E-state index in [2.05, 4.69) is 70.7 Å². The normalized spacial score (nSPS) is 17.0. The van der Waals surface area contributed by atoms with Crippen molar-refractivity contribution in [3.63, 3.8) is 0 Å². The first-order valence-corrected chi connectivity index (χ1v) is 10.00. The average Bonchev–Trinajstić information content (AvgIpc) is 2.74. The van der Waals surface area contributed by atoms with Crippen LogP contribution in [-0.4, -0.2) is 44.2 Å². The number of halogens is 1. The molecule has 0 spiro atoms. The zero-order chi connectivity index (χ0) is 19.8. The molecule has 0 radical (unpaired) electrons. The third-order valence-electron chi connectivity index (χ3n) is 5.13. The first-order valence-electron chi connectivity index (χ1n) is 10.00. The minimum Gasteiger partial charge on any atom is -0.377 e. The molecule has 2 aromatic carbocycles. The van der Waals surface area contributed by atoms with Gasteiger partial charge in [-0.1, -0.05) is 48.5 Å². The van der Waals surface area contributed by atoms with Crippen LogP contribution >= 0.6 is 24.0 Å². The number of hydrogen-bond donors (Lipinski definition) is 1. The molecule has 0 amide bonds. The van der Waals surface area contributed by atoms with Gasteiger partial charge in [-0.15, -0.1) is 24.0 Å². The third-order valence-corrected chi connectivity index (χ3v) is 5.13. The van der Waals surface area contributed by atoms with Gasteiger partial charge < -0.3 is 19.7 Å². The molecule has 1 fully saturated rings. The number of aryl methyl sites for hydroxylation is 1. The van der Waals surface area contributed by atoms with Gasteiger partial charge in [-0.3, -0.25) is 4.99 Å². The van der Waals surface area contributed by atoms with E-state index in [0.29, 0.717) is 13.2 Å². The van der Waals surface area contributed by atoms with Crippen LogP contribution in [0.3, 0.4) is 0 Å². The summed E-state index contributed by atoms with van der Waals surface area (Å²) in [5, 5.41) is 3.52. The van der Waals surface area contributed by atoms with E-state index in [1.807, 2.05) is 14.0 Å². The van der Waals surface area contributed by atoms with Crippen LogP contribution in [0, 0.1) is 6.92 Å². The number of rotatable bonds is 6. The Hall–Kier alpha value is -1.64. The molecule has 1 unspecified atom stereocenters. The second-order valence-corrected chi connectivity index (χ2v) is 6.97. The second kappa shape index (κ2) is 12.1. The largest absolute Gasteiger partial charge is 0.377 e. The predicted molar refractivity (Wildman–Crippen MR) is 129 cm³/mol. The van der Waals surface area contributed by atoms with Crippen molar-refractivity contribution in [3.05, 3.63) is 70.8 Å². The summed E-state index contributed by atoms with van der Waals surface area (Å²) in [5.74, 6) is 0.910. The SMILES string of the molecule is CCOCc1ccccc1CNC(=NC)N1CCOC(c2ccccc2C)C1.I. The molecule has 1 aliphatic rings. The Balaban J connectivity index is 0.00000300. The van der Waals surface area contributed by atoms with Crippen molar-refractivity contribution in [2.24, 2.45) is 4.99 Å². The molecule has 1 aliphatic heterocycles. The van der Waals surface area contributed by atoms with E-state index in [4.69, 9.17) is 9.47 Å². The van der Waals surface area contributed by atoms with Crippen LogP contribution in [0.25, 0.3) is 0 Å². The second-order valence-electron chi connectivity index (χ2n) is 6.97. The van der Waals surface area contributed by atoms with E-state index in [1.165, 1.54) is 22.3 Å². The summed E-state index contributed by atoms with van der Waals surface area (Å²) < 4.78 is 11.7. The number of nitrogens with zero attached hydrogens (tertiary/aromatic N) is 2. The minimum atomic E-state index is 0. The van der Waals surface area contributed by atoms with Crippen LogP contribution < -0.4 is 5.32 Å². The van der Waals surface area contributed by atoms with E-state index in [0.717, 1.165) is 32.2 Å². The van der Waals surface area contributed by atoms with Gasteiger partial charge in [-0.2, -0.15) is 0 Å². The molecule has 158 valence electrons. The maximum Gasteiger partial charge on any atom is 0.194 e. The van der Waals surface area contributed by atoms with Crippen LogP contribution in [0.5, 0.6) is 0 Å². The first kappa shape index (κ1) is 23.6. The van der Waals surface area contributed by atoms with Crippen molar-refractivity contribution in [2.45, 2.75) is 33.1 Å². The molecule has 1 heterocycles. The van der Waals surface area contributed by atoms with Gasteiger partial charge in [0.05, 0.1) is 19.8 Å². The van der Waals surface area contributed by atoms with Gasteiger partial charge in [0.1, 0.15) is 6.10 Å². The highest BCUT2D eigenvalue weighted by molar-refractivity contribution is 14.0. The zero-order valence-corrected chi connectivity index (χ0v) is 19.9. The molecule has 29 heavy (non-hydrogen) atoms. The predicted octanol–water partition coefficient (Wildman–Crippen LogP) is 4.30. The maximum absolute atomic E-state index is 6.05. The van der Waals surface area contributed by atoms with E-state index < -0.39 is 0 Å². The smallest absolute Gasteiger partial charge is 0.194 e. The highest BCUT2D eigenvalue weighted by atomic mass is 127. The molecule has 0 saturated carbocycles. The fourth-order valence-corrected chi connectivity index (χ4v) is 3.57.